The predicted octanol–water partition coefficient (Wildman–Crippen LogP) is 8.20. The molecule has 0 bridgehead atoms. The monoisotopic (exact) mass is 484 g/mol. The van der Waals surface area contributed by atoms with Crippen molar-refractivity contribution in [3.05, 3.63) is 89.5 Å². The Labute approximate surface area is 203 Å². The number of ether oxygens (including phenoxy) is 2. The lowest BCUT2D eigenvalue weighted by atomic mass is 9.88. The van der Waals surface area contributed by atoms with E-state index in [1.54, 1.807) is 36.4 Å². The Kier molecular flexibility index (Phi) is 7.91. The van der Waals surface area contributed by atoms with Crippen molar-refractivity contribution in [3.63, 3.8) is 0 Å². The largest absolute Gasteiger partial charge is 0.494 e. The summed E-state index contributed by atoms with van der Waals surface area (Å²) in [5, 5.41) is 0. The first-order chi connectivity index (χ1) is 16.9. The SMILES string of the molecule is CC=CCCC1CCC(c2ccc(-c3ccc(-c4ccc(OC)c(F)c4F)cc3)c(F)c2F)CO1. The number of halogens is 4. The van der Waals surface area contributed by atoms with Crippen molar-refractivity contribution < 1.29 is 27.0 Å². The van der Waals surface area contributed by atoms with Crippen LogP contribution in [0.25, 0.3) is 22.3 Å². The number of hydrogen-bond acceptors (Lipinski definition) is 2. The van der Waals surface area contributed by atoms with Gasteiger partial charge < -0.3 is 9.47 Å². The Morgan fingerprint density at radius 3 is 2.03 bits per heavy atom. The molecule has 0 aromatic heterocycles. The Balaban J connectivity index is 1.51. The molecule has 35 heavy (non-hydrogen) atoms. The molecule has 0 spiro atoms. The maximum Gasteiger partial charge on any atom is 0.201 e. The topological polar surface area (TPSA) is 18.5 Å². The molecule has 6 heteroatoms. The van der Waals surface area contributed by atoms with Gasteiger partial charge in [0.25, 0.3) is 0 Å². The molecular formula is C29H28F4O2. The zero-order chi connectivity index (χ0) is 24.9. The van der Waals surface area contributed by atoms with Crippen LogP contribution >= 0.6 is 0 Å². The fourth-order valence-corrected chi connectivity index (χ4v) is 4.57. The van der Waals surface area contributed by atoms with Gasteiger partial charge in [0.15, 0.2) is 23.2 Å². The van der Waals surface area contributed by atoms with Crippen LogP contribution in [0.2, 0.25) is 0 Å². The summed E-state index contributed by atoms with van der Waals surface area (Å²) < 4.78 is 69.3. The van der Waals surface area contributed by atoms with Gasteiger partial charge in [-0.05, 0) is 61.4 Å². The van der Waals surface area contributed by atoms with Crippen molar-refractivity contribution in [1.82, 2.24) is 0 Å². The summed E-state index contributed by atoms with van der Waals surface area (Å²) in [6.07, 6.45) is 7.69. The van der Waals surface area contributed by atoms with Crippen LogP contribution in [0, 0.1) is 23.3 Å². The molecule has 3 aromatic rings. The lowest BCUT2D eigenvalue weighted by molar-refractivity contribution is -0.000894. The molecule has 2 unspecified atom stereocenters. The molecule has 1 fully saturated rings. The summed E-state index contributed by atoms with van der Waals surface area (Å²) in [7, 11) is 1.26. The van der Waals surface area contributed by atoms with Crippen LogP contribution in [0.4, 0.5) is 17.6 Å². The van der Waals surface area contributed by atoms with Crippen LogP contribution in [0.3, 0.4) is 0 Å². The molecule has 1 heterocycles. The molecule has 1 saturated heterocycles. The molecule has 0 radical (unpaired) electrons. The van der Waals surface area contributed by atoms with Crippen molar-refractivity contribution in [2.45, 2.75) is 44.6 Å². The fourth-order valence-electron chi connectivity index (χ4n) is 4.57. The predicted molar refractivity (Wildman–Crippen MR) is 129 cm³/mol. The minimum Gasteiger partial charge on any atom is -0.494 e. The molecule has 184 valence electrons. The van der Waals surface area contributed by atoms with E-state index >= 15 is 8.78 Å². The molecule has 0 saturated carbocycles. The van der Waals surface area contributed by atoms with Crippen molar-refractivity contribution in [1.29, 1.82) is 0 Å². The van der Waals surface area contributed by atoms with Gasteiger partial charge >= 0.3 is 0 Å². The molecule has 1 aliphatic rings. The highest BCUT2D eigenvalue weighted by atomic mass is 19.2. The van der Waals surface area contributed by atoms with Crippen LogP contribution in [0.1, 0.15) is 44.1 Å². The van der Waals surface area contributed by atoms with E-state index in [0.717, 1.165) is 25.7 Å². The van der Waals surface area contributed by atoms with E-state index in [4.69, 9.17) is 9.47 Å². The van der Waals surface area contributed by atoms with E-state index in [-0.39, 0.29) is 28.9 Å². The maximum absolute atomic E-state index is 15.1. The summed E-state index contributed by atoms with van der Waals surface area (Å²) >= 11 is 0. The molecular weight excluding hydrogens is 456 g/mol. The molecule has 2 nitrogen and oxygen atoms in total. The zero-order valence-electron chi connectivity index (χ0n) is 19.8. The normalized spacial score (nSPS) is 18.2. The number of rotatable bonds is 7. The first-order valence-electron chi connectivity index (χ1n) is 11.8. The molecule has 4 rings (SSSR count). The smallest absolute Gasteiger partial charge is 0.201 e. The van der Waals surface area contributed by atoms with E-state index in [9.17, 15) is 8.78 Å². The number of allylic oxidation sites excluding steroid dienone is 2. The lowest BCUT2D eigenvalue weighted by Crippen LogP contribution is -2.25. The minimum absolute atomic E-state index is 0.0539. The van der Waals surface area contributed by atoms with Crippen LogP contribution in [-0.4, -0.2) is 19.8 Å². The van der Waals surface area contributed by atoms with E-state index in [0.29, 0.717) is 23.3 Å². The molecule has 3 aromatic carbocycles. The summed E-state index contributed by atoms with van der Waals surface area (Å²) in [5.74, 6) is -4.27. The third-order valence-electron chi connectivity index (χ3n) is 6.59. The Morgan fingerprint density at radius 1 is 0.829 bits per heavy atom. The summed E-state index contributed by atoms with van der Waals surface area (Å²) in [4.78, 5) is 0. The van der Waals surface area contributed by atoms with Crippen LogP contribution in [-0.2, 0) is 4.74 Å². The van der Waals surface area contributed by atoms with Gasteiger partial charge in [0.1, 0.15) is 0 Å². The zero-order valence-corrected chi connectivity index (χ0v) is 19.8. The minimum atomic E-state index is -1.08. The molecule has 0 amide bonds. The standard InChI is InChI=1S/C29H28F4O2/c1-3-4-5-6-21-12-11-20(17-35-21)24-14-13-22(26(30)27(24)31)18-7-9-19(10-8-18)23-15-16-25(34-2)29(33)28(23)32/h3-4,7-10,13-16,20-21H,5-6,11-12,17H2,1-2H3. The van der Waals surface area contributed by atoms with E-state index in [2.05, 4.69) is 6.08 Å². The molecule has 1 aliphatic heterocycles. The van der Waals surface area contributed by atoms with Gasteiger partial charge in [-0.25, -0.2) is 13.2 Å². The van der Waals surface area contributed by atoms with Crippen molar-refractivity contribution in [2.75, 3.05) is 13.7 Å². The Hall–Kier alpha value is -3.12. The van der Waals surface area contributed by atoms with Gasteiger partial charge in [-0.1, -0.05) is 48.6 Å². The average Bonchev–Trinajstić information content (AvgIpc) is 2.88. The number of hydrogen-bond donors (Lipinski definition) is 0. The third kappa shape index (κ3) is 5.27. The van der Waals surface area contributed by atoms with E-state index in [1.807, 2.05) is 13.0 Å². The quantitative estimate of drug-likeness (QED) is 0.249. The van der Waals surface area contributed by atoms with E-state index < -0.39 is 23.3 Å². The second-order valence-corrected chi connectivity index (χ2v) is 8.73. The van der Waals surface area contributed by atoms with Crippen LogP contribution < -0.4 is 4.74 Å². The first kappa shape index (κ1) is 25.0. The third-order valence-corrected chi connectivity index (χ3v) is 6.59. The maximum atomic E-state index is 15.1. The molecule has 2 atom stereocenters. The Bertz CT molecular complexity index is 1200. The first-order valence-corrected chi connectivity index (χ1v) is 11.8. The van der Waals surface area contributed by atoms with Crippen molar-refractivity contribution in [3.8, 4) is 28.0 Å². The van der Waals surface area contributed by atoms with Crippen LogP contribution in [0.5, 0.6) is 5.75 Å². The number of benzene rings is 3. The Morgan fingerprint density at radius 2 is 1.46 bits per heavy atom. The second kappa shape index (κ2) is 11.1. The van der Waals surface area contributed by atoms with Gasteiger partial charge in [0.05, 0.1) is 19.8 Å². The highest BCUT2D eigenvalue weighted by Crippen LogP contribution is 2.36. The average molecular weight is 485 g/mol. The molecule has 0 N–H and O–H groups in total. The van der Waals surface area contributed by atoms with Crippen molar-refractivity contribution in [2.24, 2.45) is 0 Å². The summed E-state index contributed by atoms with van der Waals surface area (Å²) in [6, 6.07) is 12.2. The fraction of sp³-hybridized carbons (Fsp3) is 0.310. The lowest BCUT2D eigenvalue weighted by Gasteiger charge is -2.29. The van der Waals surface area contributed by atoms with Crippen LogP contribution in [0.15, 0.2) is 60.7 Å². The molecule has 0 aliphatic carbocycles. The van der Waals surface area contributed by atoms with E-state index in [1.165, 1.54) is 19.2 Å². The highest BCUT2D eigenvalue weighted by molar-refractivity contribution is 5.71. The highest BCUT2D eigenvalue weighted by Gasteiger charge is 2.27. The summed E-state index contributed by atoms with van der Waals surface area (Å²) in [5.41, 5.74) is 1.34. The van der Waals surface area contributed by atoms with Gasteiger partial charge in [0, 0.05) is 17.0 Å². The second-order valence-electron chi connectivity index (χ2n) is 8.73. The van der Waals surface area contributed by atoms with Crippen molar-refractivity contribution >= 4 is 0 Å². The number of methoxy groups -OCH3 is 1. The summed E-state index contributed by atoms with van der Waals surface area (Å²) in [6.45, 7) is 2.35. The van der Waals surface area contributed by atoms with Gasteiger partial charge in [-0.2, -0.15) is 4.39 Å². The van der Waals surface area contributed by atoms with Gasteiger partial charge in [-0.15, -0.1) is 0 Å². The van der Waals surface area contributed by atoms with Gasteiger partial charge in [-0.3, -0.25) is 0 Å². The van der Waals surface area contributed by atoms with Gasteiger partial charge in [0.2, 0.25) is 5.82 Å².